The van der Waals surface area contributed by atoms with Gasteiger partial charge in [-0.25, -0.2) is 0 Å². The van der Waals surface area contributed by atoms with Gasteiger partial charge >= 0.3 is 0 Å². The largest absolute Gasteiger partial charge is 0.495 e. The van der Waals surface area contributed by atoms with Gasteiger partial charge in [0.05, 0.1) is 24.9 Å². The topological polar surface area (TPSA) is 30.5 Å². The average Bonchev–Trinajstić information content (AvgIpc) is 2.53. The number of methoxy groups -OCH3 is 2. The van der Waals surface area contributed by atoms with Gasteiger partial charge in [0.1, 0.15) is 11.5 Å². The molecule has 2 aromatic rings. The molecule has 2 rings (SSSR count). The quantitative estimate of drug-likeness (QED) is 0.781. The van der Waals surface area contributed by atoms with Crippen molar-refractivity contribution in [3.05, 3.63) is 47.0 Å². The second kappa shape index (κ2) is 7.48. The first-order valence-corrected chi connectivity index (χ1v) is 8.06. The summed E-state index contributed by atoms with van der Waals surface area (Å²) in [6.07, 6.45) is 2.07. The monoisotopic (exact) mass is 323 g/mol. The Morgan fingerprint density at radius 1 is 1.05 bits per heavy atom. The van der Waals surface area contributed by atoms with E-state index in [0.717, 1.165) is 5.69 Å². The number of halogens is 1. The van der Waals surface area contributed by atoms with Gasteiger partial charge in [-0.2, -0.15) is 0 Å². The summed E-state index contributed by atoms with van der Waals surface area (Å²) < 4.78 is 10.6. The zero-order valence-corrected chi connectivity index (χ0v) is 13.8. The van der Waals surface area contributed by atoms with Crippen LogP contribution >= 0.6 is 23.4 Å². The first-order chi connectivity index (χ1) is 10.2. The third kappa shape index (κ3) is 3.99. The lowest BCUT2D eigenvalue weighted by molar-refractivity contribution is 0.404. The highest BCUT2D eigenvalue weighted by molar-refractivity contribution is 7.98. The van der Waals surface area contributed by atoms with Gasteiger partial charge in [-0.05, 0) is 24.0 Å². The van der Waals surface area contributed by atoms with E-state index in [1.165, 1.54) is 10.5 Å². The molecule has 0 amide bonds. The van der Waals surface area contributed by atoms with Crippen molar-refractivity contribution < 1.29 is 9.47 Å². The van der Waals surface area contributed by atoms with E-state index in [0.29, 0.717) is 23.1 Å². The van der Waals surface area contributed by atoms with Gasteiger partial charge in [0.15, 0.2) is 0 Å². The Kier molecular flexibility index (Phi) is 5.65. The van der Waals surface area contributed by atoms with Gasteiger partial charge in [0, 0.05) is 23.6 Å². The molecule has 5 heteroatoms. The van der Waals surface area contributed by atoms with Crippen LogP contribution in [0.1, 0.15) is 5.56 Å². The highest BCUT2D eigenvalue weighted by Gasteiger charge is 2.09. The third-order valence-corrected chi connectivity index (χ3v) is 4.15. The fourth-order valence-electron chi connectivity index (χ4n) is 1.94. The van der Waals surface area contributed by atoms with Crippen LogP contribution in [0.2, 0.25) is 5.02 Å². The maximum atomic E-state index is 6.10. The van der Waals surface area contributed by atoms with Crippen molar-refractivity contribution in [1.29, 1.82) is 0 Å². The van der Waals surface area contributed by atoms with E-state index in [-0.39, 0.29) is 0 Å². The number of thioether (sulfide) groups is 1. The summed E-state index contributed by atoms with van der Waals surface area (Å²) in [5.41, 5.74) is 2.05. The van der Waals surface area contributed by atoms with Crippen LogP contribution in [0.5, 0.6) is 11.5 Å². The van der Waals surface area contributed by atoms with Crippen LogP contribution in [0.25, 0.3) is 0 Å². The number of hydrogen-bond donors (Lipinski definition) is 1. The fourth-order valence-corrected chi connectivity index (χ4v) is 2.58. The Balaban J connectivity index is 2.14. The maximum Gasteiger partial charge on any atom is 0.143 e. The number of ether oxygens (including phenoxy) is 2. The molecule has 0 fully saturated rings. The normalized spacial score (nSPS) is 10.3. The molecule has 21 heavy (non-hydrogen) atoms. The number of hydrogen-bond acceptors (Lipinski definition) is 4. The van der Waals surface area contributed by atoms with Gasteiger partial charge < -0.3 is 14.8 Å². The van der Waals surface area contributed by atoms with Crippen molar-refractivity contribution in [2.24, 2.45) is 0 Å². The predicted octanol–water partition coefficient (Wildman–Crippen LogP) is 4.69. The second-order valence-electron chi connectivity index (χ2n) is 4.39. The van der Waals surface area contributed by atoms with E-state index < -0.39 is 0 Å². The first-order valence-electron chi connectivity index (χ1n) is 6.46. The van der Waals surface area contributed by atoms with Gasteiger partial charge in [-0.15, -0.1) is 11.8 Å². The maximum absolute atomic E-state index is 6.10. The summed E-state index contributed by atoms with van der Waals surface area (Å²) in [6.45, 7) is 0.704. The van der Waals surface area contributed by atoms with Gasteiger partial charge in [-0.1, -0.05) is 23.7 Å². The van der Waals surface area contributed by atoms with Crippen molar-refractivity contribution in [2.75, 3.05) is 25.8 Å². The van der Waals surface area contributed by atoms with Crippen molar-refractivity contribution in [1.82, 2.24) is 0 Å². The minimum absolute atomic E-state index is 0.532. The minimum Gasteiger partial charge on any atom is -0.495 e. The molecular formula is C16H18ClNO2S. The fraction of sp³-hybridized carbons (Fsp3) is 0.250. The highest BCUT2D eigenvalue weighted by atomic mass is 35.5. The van der Waals surface area contributed by atoms with Crippen molar-refractivity contribution >= 4 is 29.1 Å². The molecule has 0 radical (unpaired) electrons. The van der Waals surface area contributed by atoms with E-state index in [9.17, 15) is 0 Å². The summed E-state index contributed by atoms with van der Waals surface area (Å²) in [7, 11) is 3.22. The minimum atomic E-state index is 0.532. The third-order valence-electron chi connectivity index (χ3n) is 3.12. The Bertz CT molecular complexity index is 602. The molecule has 1 N–H and O–H groups in total. The van der Waals surface area contributed by atoms with Gasteiger partial charge in [0.2, 0.25) is 0 Å². The molecule has 0 heterocycles. The van der Waals surface area contributed by atoms with E-state index in [1.807, 2.05) is 6.07 Å². The Hall–Kier alpha value is -1.52. The van der Waals surface area contributed by atoms with Crippen molar-refractivity contribution in [2.45, 2.75) is 11.4 Å². The molecular weight excluding hydrogens is 306 g/mol. The van der Waals surface area contributed by atoms with Crippen LogP contribution in [-0.2, 0) is 6.54 Å². The number of anilines is 1. The summed E-state index contributed by atoms with van der Waals surface area (Å²) >= 11 is 7.83. The predicted molar refractivity (Wildman–Crippen MR) is 90.1 cm³/mol. The SMILES string of the molecule is COc1cc(NCc2ccc(SC)cc2)c(OC)cc1Cl. The molecule has 0 aliphatic heterocycles. The number of nitrogens with one attached hydrogen (secondary N) is 1. The van der Waals surface area contributed by atoms with E-state index >= 15 is 0 Å². The summed E-state index contributed by atoms with van der Waals surface area (Å²) in [5, 5.41) is 3.88. The van der Waals surface area contributed by atoms with Crippen LogP contribution in [0.3, 0.4) is 0 Å². The van der Waals surface area contributed by atoms with Crippen LogP contribution in [-0.4, -0.2) is 20.5 Å². The molecule has 0 unspecified atom stereocenters. The zero-order chi connectivity index (χ0) is 15.2. The van der Waals surface area contributed by atoms with Crippen LogP contribution in [0, 0.1) is 0 Å². The molecule has 112 valence electrons. The second-order valence-corrected chi connectivity index (χ2v) is 5.68. The standard InChI is InChI=1S/C16H18ClNO2S/c1-19-15-9-14(16(20-2)8-13(15)17)18-10-11-4-6-12(21-3)7-5-11/h4-9,18H,10H2,1-3H3. The molecule has 0 bridgehead atoms. The van der Waals surface area contributed by atoms with E-state index in [1.54, 1.807) is 32.0 Å². The lowest BCUT2D eigenvalue weighted by Crippen LogP contribution is -2.02. The van der Waals surface area contributed by atoms with Gasteiger partial charge in [0.25, 0.3) is 0 Å². The molecule has 0 aliphatic rings. The first kappa shape index (κ1) is 15.9. The lowest BCUT2D eigenvalue weighted by Gasteiger charge is -2.14. The molecule has 0 saturated carbocycles. The zero-order valence-electron chi connectivity index (χ0n) is 12.3. The highest BCUT2D eigenvalue weighted by Crippen LogP contribution is 2.36. The van der Waals surface area contributed by atoms with Crippen molar-refractivity contribution in [3.8, 4) is 11.5 Å². The smallest absolute Gasteiger partial charge is 0.143 e. The lowest BCUT2D eigenvalue weighted by atomic mass is 10.2. The number of rotatable bonds is 6. The average molecular weight is 324 g/mol. The van der Waals surface area contributed by atoms with Crippen LogP contribution < -0.4 is 14.8 Å². The molecule has 3 nitrogen and oxygen atoms in total. The molecule has 0 spiro atoms. The molecule has 0 aromatic heterocycles. The van der Waals surface area contributed by atoms with Crippen LogP contribution in [0.4, 0.5) is 5.69 Å². The molecule has 0 aliphatic carbocycles. The molecule has 2 aromatic carbocycles. The van der Waals surface area contributed by atoms with Crippen molar-refractivity contribution in [3.63, 3.8) is 0 Å². The molecule has 0 atom stereocenters. The van der Waals surface area contributed by atoms with E-state index in [4.69, 9.17) is 21.1 Å². The Labute approximate surface area is 134 Å². The summed E-state index contributed by atoms with van der Waals surface area (Å²) in [6, 6.07) is 12.0. The Morgan fingerprint density at radius 2 is 1.71 bits per heavy atom. The van der Waals surface area contributed by atoms with Crippen LogP contribution in [0.15, 0.2) is 41.3 Å². The van der Waals surface area contributed by atoms with E-state index in [2.05, 4.69) is 35.8 Å². The summed E-state index contributed by atoms with van der Waals surface area (Å²) in [4.78, 5) is 1.25. The van der Waals surface area contributed by atoms with Gasteiger partial charge in [-0.3, -0.25) is 0 Å². The molecule has 0 saturated heterocycles. The number of benzene rings is 2. The Morgan fingerprint density at radius 3 is 2.29 bits per heavy atom. The summed E-state index contributed by atoms with van der Waals surface area (Å²) in [5.74, 6) is 1.32.